The van der Waals surface area contributed by atoms with Crippen molar-refractivity contribution in [1.29, 1.82) is 0 Å². The number of azo groups is 1. The lowest BCUT2D eigenvalue weighted by Crippen LogP contribution is -1.97. The number of hydrogen-bond acceptors (Lipinski definition) is 5. The highest BCUT2D eigenvalue weighted by atomic mass is 32.2. The third-order valence-corrected chi connectivity index (χ3v) is 4.18. The van der Waals surface area contributed by atoms with Crippen LogP contribution in [0.4, 0.5) is 11.4 Å². The number of fused-ring (bicyclic) bond motifs is 1. The zero-order valence-electron chi connectivity index (χ0n) is 11.8. The molecule has 0 saturated heterocycles. The van der Waals surface area contributed by atoms with Crippen LogP contribution in [-0.2, 0) is 10.1 Å². The summed E-state index contributed by atoms with van der Waals surface area (Å²) in [4.78, 5) is -0.344. The molecule has 3 aromatic carbocycles. The molecule has 0 saturated carbocycles. The maximum atomic E-state index is 11.3. The van der Waals surface area contributed by atoms with E-state index in [9.17, 15) is 18.1 Å². The Morgan fingerprint density at radius 3 is 2.30 bits per heavy atom. The summed E-state index contributed by atoms with van der Waals surface area (Å²) < 4.78 is 31.9. The molecule has 0 aliphatic rings. The van der Waals surface area contributed by atoms with Crippen LogP contribution in [-0.4, -0.2) is 18.1 Å². The average Bonchev–Trinajstić information content (AvgIpc) is 2.53. The van der Waals surface area contributed by atoms with Gasteiger partial charge >= 0.3 is 0 Å². The summed E-state index contributed by atoms with van der Waals surface area (Å²) in [7, 11) is -4.41. The van der Waals surface area contributed by atoms with E-state index in [0.29, 0.717) is 5.39 Å². The number of benzene rings is 3. The van der Waals surface area contributed by atoms with Gasteiger partial charge in [0.15, 0.2) is 0 Å². The molecule has 116 valence electrons. The highest BCUT2D eigenvalue weighted by Crippen LogP contribution is 2.36. The lowest BCUT2D eigenvalue weighted by Gasteiger charge is -2.04. The van der Waals surface area contributed by atoms with Gasteiger partial charge in [-0.05, 0) is 23.6 Å². The van der Waals surface area contributed by atoms with E-state index in [1.807, 2.05) is 12.1 Å². The molecule has 0 atom stereocenters. The highest BCUT2D eigenvalue weighted by molar-refractivity contribution is 7.86. The molecule has 0 bridgehead atoms. The average molecular weight is 328 g/mol. The van der Waals surface area contributed by atoms with Crippen molar-refractivity contribution in [2.24, 2.45) is 10.2 Å². The topological polar surface area (TPSA) is 99.3 Å². The summed E-state index contributed by atoms with van der Waals surface area (Å²) in [6, 6.07) is 16.2. The van der Waals surface area contributed by atoms with Gasteiger partial charge in [-0.2, -0.15) is 8.42 Å². The summed E-state index contributed by atoms with van der Waals surface area (Å²) in [6.07, 6.45) is 0. The molecule has 0 aromatic heterocycles. The van der Waals surface area contributed by atoms with Crippen LogP contribution in [0.25, 0.3) is 10.8 Å². The largest absolute Gasteiger partial charge is 0.506 e. The van der Waals surface area contributed by atoms with Crippen molar-refractivity contribution in [1.82, 2.24) is 0 Å². The standard InChI is InChI=1S/C16H12N2O4S/c19-14-10-9-11-5-1-2-6-12(11)16(14)18-17-13-7-3-4-8-15(13)23(20,21)22/h1-10,19H,(H,20,21,22). The number of aromatic hydroxyl groups is 1. The second kappa shape index (κ2) is 5.79. The van der Waals surface area contributed by atoms with Crippen molar-refractivity contribution in [3.8, 4) is 5.75 Å². The van der Waals surface area contributed by atoms with Crippen molar-refractivity contribution >= 4 is 32.3 Å². The first-order valence-corrected chi connectivity index (χ1v) is 8.10. The number of phenols is 1. The molecule has 7 heteroatoms. The first-order chi connectivity index (χ1) is 11.0. The Kier molecular flexibility index (Phi) is 3.81. The van der Waals surface area contributed by atoms with Crippen molar-refractivity contribution in [2.45, 2.75) is 4.90 Å². The molecule has 3 rings (SSSR count). The van der Waals surface area contributed by atoms with Gasteiger partial charge in [0.1, 0.15) is 22.0 Å². The molecule has 0 aliphatic heterocycles. The van der Waals surface area contributed by atoms with Crippen LogP contribution in [0.5, 0.6) is 5.75 Å². The van der Waals surface area contributed by atoms with Crippen molar-refractivity contribution in [3.63, 3.8) is 0 Å². The van der Waals surface area contributed by atoms with Crippen LogP contribution < -0.4 is 0 Å². The van der Waals surface area contributed by atoms with Crippen LogP contribution in [0, 0.1) is 0 Å². The van der Waals surface area contributed by atoms with Gasteiger partial charge in [0, 0.05) is 5.39 Å². The van der Waals surface area contributed by atoms with Gasteiger partial charge in [-0.15, -0.1) is 10.2 Å². The van der Waals surface area contributed by atoms with Crippen LogP contribution in [0.3, 0.4) is 0 Å². The summed E-state index contributed by atoms with van der Waals surface area (Å²) in [5.74, 6) is -0.0724. The molecule has 3 aromatic rings. The van der Waals surface area contributed by atoms with Gasteiger partial charge < -0.3 is 5.11 Å². The summed E-state index contributed by atoms with van der Waals surface area (Å²) in [5, 5.41) is 19.4. The Morgan fingerprint density at radius 2 is 1.52 bits per heavy atom. The van der Waals surface area contributed by atoms with Crippen LogP contribution in [0.1, 0.15) is 0 Å². The van der Waals surface area contributed by atoms with Crippen molar-refractivity contribution in [2.75, 3.05) is 0 Å². The van der Waals surface area contributed by atoms with Crippen LogP contribution in [0.2, 0.25) is 0 Å². The lowest BCUT2D eigenvalue weighted by molar-refractivity contribution is 0.477. The Hall–Kier alpha value is -2.77. The monoisotopic (exact) mass is 328 g/mol. The first-order valence-electron chi connectivity index (χ1n) is 6.66. The van der Waals surface area contributed by atoms with Gasteiger partial charge in [0.2, 0.25) is 0 Å². The fourth-order valence-corrected chi connectivity index (χ4v) is 2.83. The molecule has 2 N–H and O–H groups in total. The molecule has 0 fully saturated rings. The third kappa shape index (κ3) is 3.05. The molecule has 0 unspecified atom stereocenters. The van der Waals surface area contributed by atoms with E-state index < -0.39 is 10.1 Å². The van der Waals surface area contributed by atoms with Gasteiger partial charge in [-0.25, -0.2) is 0 Å². The number of phenolic OH excluding ortho intramolecular Hbond substituents is 1. The molecule has 0 aliphatic carbocycles. The maximum Gasteiger partial charge on any atom is 0.296 e. The van der Waals surface area contributed by atoms with Gasteiger partial charge in [-0.1, -0.05) is 42.5 Å². The van der Waals surface area contributed by atoms with E-state index in [1.165, 1.54) is 24.3 Å². The Bertz CT molecular complexity index is 1010. The zero-order valence-corrected chi connectivity index (χ0v) is 12.6. The second-order valence-electron chi connectivity index (χ2n) is 4.80. The normalized spacial score (nSPS) is 12.0. The number of rotatable bonds is 3. The minimum absolute atomic E-state index is 0.0117. The van der Waals surface area contributed by atoms with E-state index in [2.05, 4.69) is 10.2 Å². The van der Waals surface area contributed by atoms with E-state index in [-0.39, 0.29) is 22.0 Å². The second-order valence-corrected chi connectivity index (χ2v) is 6.19. The van der Waals surface area contributed by atoms with E-state index in [1.54, 1.807) is 24.3 Å². The number of nitrogens with zero attached hydrogens (tertiary/aromatic N) is 2. The fourth-order valence-electron chi connectivity index (χ4n) is 2.21. The maximum absolute atomic E-state index is 11.3. The van der Waals surface area contributed by atoms with Gasteiger partial charge in [-0.3, -0.25) is 4.55 Å². The molecule has 6 nitrogen and oxygen atoms in total. The molecule has 23 heavy (non-hydrogen) atoms. The van der Waals surface area contributed by atoms with Crippen molar-refractivity contribution in [3.05, 3.63) is 60.7 Å². The predicted molar refractivity (Wildman–Crippen MR) is 86.0 cm³/mol. The van der Waals surface area contributed by atoms with Gasteiger partial charge in [0.05, 0.1) is 0 Å². The first kappa shape index (κ1) is 15.1. The molecule has 0 amide bonds. The SMILES string of the molecule is O=S(=O)(O)c1ccccc1N=Nc1c(O)ccc2ccccc12. The van der Waals surface area contributed by atoms with Crippen LogP contribution in [0.15, 0.2) is 75.8 Å². The quantitative estimate of drug-likeness (QED) is 0.555. The minimum Gasteiger partial charge on any atom is -0.506 e. The molecule has 0 radical (unpaired) electrons. The fraction of sp³-hybridized carbons (Fsp3) is 0. The van der Waals surface area contributed by atoms with E-state index >= 15 is 0 Å². The summed E-state index contributed by atoms with van der Waals surface area (Å²) in [5.41, 5.74) is 0.218. The van der Waals surface area contributed by atoms with Crippen LogP contribution >= 0.6 is 0 Å². The molecular formula is C16H12N2O4S. The minimum atomic E-state index is -4.41. The molecule has 0 heterocycles. The number of hydrogen-bond donors (Lipinski definition) is 2. The Labute approximate surface area is 132 Å². The summed E-state index contributed by atoms with van der Waals surface area (Å²) in [6.45, 7) is 0. The van der Waals surface area contributed by atoms with E-state index in [4.69, 9.17) is 0 Å². The Morgan fingerprint density at radius 1 is 0.826 bits per heavy atom. The van der Waals surface area contributed by atoms with Gasteiger partial charge in [0.25, 0.3) is 10.1 Å². The molecular weight excluding hydrogens is 316 g/mol. The third-order valence-electron chi connectivity index (χ3n) is 3.28. The van der Waals surface area contributed by atoms with E-state index in [0.717, 1.165) is 5.39 Å². The lowest BCUT2D eigenvalue weighted by atomic mass is 10.1. The summed E-state index contributed by atoms with van der Waals surface area (Å²) >= 11 is 0. The molecule has 0 spiro atoms. The predicted octanol–water partition coefficient (Wildman–Crippen LogP) is 4.21. The Balaban J connectivity index is 2.14. The zero-order chi connectivity index (χ0) is 16.4. The smallest absolute Gasteiger partial charge is 0.296 e. The van der Waals surface area contributed by atoms with Crippen molar-refractivity contribution < 1.29 is 18.1 Å². The highest BCUT2D eigenvalue weighted by Gasteiger charge is 2.14.